The molecule has 2 aromatic rings. The molecule has 8 nitrogen and oxygen atoms in total. The molecule has 1 saturated heterocycles. The van der Waals surface area contributed by atoms with Crippen molar-refractivity contribution in [2.24, 2.45) is 5.41 Å². The van der Waals surface area contributed by atoms with Gasteiger partial charge < -0.3 is 24.2 Å². The van der Waals surface area contributed by atoms with Gasteiger partial charge in [-0.1, -0.05) is 39.0 Å². The minimum absolute atomic E-state index is 0.0346. The van der Waals surface area contributed by atoms with E-state index in [4.69, 9.17) is 14.2 Å². The molecule has 188 valence electrons. The summed E-state index contributed by atoms with van der Waals surface area (Å²) in [6.07, 6.45) is 0.769. The second kappa shape index (κ2) is 10.2. The van der Waals surface area contributed by atoms with Gasteiger partial charge in [-0.3, -0.25) is 14.5 Å². The molecule has 2 aliphatic rings. The summed E-state index contributed by atoms with van der Waals surface area (Å²) in [7, 11) is 1.62. The smallest absolute Gasteiger partial charge is 0.321 e. The molecule has 2 aromatic carbocycles. The number of aliphatic carboxylic acids is 1. The first kappa shape index (κ1) is 24.9. The lowest BCUT2D eigenvalue weighted by atomic mass is 9.91. The molecule has 1 amide bonds. The number of hydrogen-bond donors (Lipinski definition) is 1. The minimum Gasteiger partial charge on any atom is -0.497 e. The highest BCUT2D eigenvalue weighted by Gasteiger charge is 2.41. The fraction of sp³-hybridized carbons (Fsp3) is 0.481. The summed E-state index contributed by atoms with van der Waals surface area (Å²) in [5, 5.41) is 9.98. The predicted octanol–water partition coefficient (Wildman–Crippen LogP) is 3.92. The van der Waals surface area contributed by atoms with Crippen LogP contribution in [0.2, 0.25) is 0 Å². The van der Waals surface area contributed by atoms with E-state index in [1.807, 2.05) is 73.0 Å². The van der Waals surface area contributed by atoms with E-state index in [9.17, 15) is 14.7 Å². The lowest BCUT2D eigenvalue weighted by molar-refractivity contribution is -0.142. The molecule has 0 spiro atoms. The van der Waals surface area contributed by atoms with Crippen molar-refractivity contribution in [3.63, 3.8) is 0 Å². The lowest BCUT2D eigenvalue weighted by Gasteiger charge is -2.32. The lowest BCUT2D eigenvalue weighted by Crippen LogP contribution is -2.42. The maximum Gasteiger partial charge on any atom is 0.321 e. The number of fused-ring (bicyclic) bond motifs is 1. The number of likely N-dealkylation sites (tertiary alicyclic amines) is 1. The fourth-order valence-corrected chi connectivity index (χ4v) is 4.71. The SMILES string of the molecule is COc1ccc(CN(C(=O)CC(C)(C)C)[C@@H]2C[C@@H](C(=O)O)N(Cc3ccc4c(c3)OCO4)C2)cc1. The van der Waals surface area contributed by atoms with E-state index < -0.39 is 12.0 Å². The highest BCUT2D eigenvalue weighted by molar-refractivity contribution is 5.78. The van der Waals surface area contributed by atoms with Crippen LogP contribution in [0, 0.1) is 5.41 Å². The number of ether oxygens (including phenoxy) is 3. The normalized spacial score (nSPS) is 19.5. The quantitative estimate of drug-likeness (QED) is 0.610. The van der Waals surface area contributed by atoms with E-state index in [0.717, 1.165) is 16.9 Å². The second-order valence-electron chi connectivity index (χ2n) is 10.5. The van der Waals surface area contributed by atoms with Crippen LogP contribution in [0.1, 0.15) is 44.7 Å². The number of hydrogen-bond acceptors (Lipinski definition) is 6. The third-order valence-corrected chi connectivity index (χ3v) is 6.44. The van der Waals surface area contributed by atoms with E-state index >= 15 is 0 Å². The third kappa shape index (κ3) is 6.06. The van der Waals surface area contributed by atoms with Crippen LogP contribution >= 0.6 is 0 Å². The van der Waals surface area contributed by atoms with Crippen LogP contribution in [0.4, 0.5) is 0 Å². The Hall–Kier alpha value is -3.26. The summed E-state index contributed by atoms with van der Waals surface area (Å²) >= 11 is 0. The van der Waals surface area contributed by atoms with E-state index in [-0.39, 0.29) is 24.2 Å². The second-order valence-corrected chi connectivity index (χ2v) is 10.5. The Kier molecular flexibility index (Phi) is 7.21. The Bertz CT molecular complexity index is 1060. The molecule has 0 aromatic heterocycles. The number of nitrogens with zero attached hydrogens (tertiary/aromatic N) is 2. The van der Waals surface area contributed by atoms with Gasteiger partial charge in [-0.15, -0.1) is 0 Å². The molecule has 2 heterocycles. The third-order valence-electron chi connectivity index (χ3n) is 6.44. The minimum atomic E-state index is -0.874. The van der Waals surface area contributed by atoms with Crippen molar-refractivity contribution in [2.75, 3.05) is 20.4 Å². The predicted molar refractivity (Wildman–Crippen MR) is 130 cm³/mol. The van der Waals surface area contributed by atoms with Crippen molar-refractivity contribution < 1.29 is 28.9 Å². The molecule has 2 atom stereocenters. The van der Waals surface area contributed by atoms with Crippen molar-refractivity contribution in [3.05, 3.63) is 53.6 Å². The molecule has 0 unspecified atom stereocenters. The number of methoxy groups -OCH3 is 1. The number of carbonyl (C=O) groups excluding carboxylic acids is 1. The first-order chi connectivity index (χ1) is 16.6. The number of carboxylic acids is 1. The van der Waals surface area contributed by atoms with E-state index in [1.165, 1.54) is 0 Å². The highest BCUT2D eigenvalue weighted by atomic mass is 16.7. The Morgan fingerprint density at radius 1 is 1.09 bits per heavy atom. The van der Waals surface area contributed by atoms with Gasteiger partial charge in [0.25, 0.3) is 0 Å². The van der Waals surface area contributed by atoms with E-state index in [1.54, 1.807) is 7.11 Å². The number of amides is 1. The number of carboxylic acid groups (broad SMARTS) is 1. The standard InChI is InChI=1S/C27H34N2O6/c1-27(2,3)13-25(30)29(15-18-5-8-21(33-4)9-6-18)20-12-22(26(31)32)28(16-20)14-19-7-10-23-24(11-19)35-17-34-23/h5-11,20,22H,12-17H2,1-4H3,(H,31,32)/t20-,22+/m1/s1. The molecule has 0 bridgehead atoms. The van der Waals surface area contributed by atoms with Crippen LogP contribution in [0.15, 0.2) is 42.5 Å². The van der Waals surface area contributed by atoms with Crippen LogP contribution in [-0.2, 0) is 22.7 Å². The van der Waals surface area contributed by atoms with Gasteiger partial charge in [0, 0.05) is 32.1 Å². The molecule has 0 radical (unpaired) electrons. The zero-order valence-corrected chi connectivity index (χ0v) is 20.8. The molecular weight excluding hydrogens is 448 g/mol. The molecule has 35 heavy (non-hydrogen) atoms. The summed E-state index contributed by atoms with van der Waals surface area (Å²) in [4.78, 5) is 29.4. The number of rotatable bonds is 8. The van der Waals surface area contributed by atoms with Crippen molar-refractivity contribution >= 4 is 11.9 Å². The van der Waals surface area contributed by atoms with Crippen LogP contribution < -0.4 is 14.2 Å². The zero-order valence-electron chi connectivity index (χ0n) is 20.8. The van der Waals surface area contributed by atoms with Gasteiger partial charge in [-0.05, 0) is 47.2 Å². The maximum absolute atomic E-state index is 13.4. The van der Waals surface area contributed by atoms with Gasteiger partial charge in [0.1, 0.15) is 11.8 Å². The number of carbonyl (C=O) groups is 2. The summed E-state index contributed by atoms with van der Waals surface area (Å²) in [6.45, 7) is 7.67. The molecule has 1 fully saturated rings. The summed E-state index contributed by atoms with van der Waals surface area (Å²) in [5.41, 5.74) is 1.75. The van der Waals surface area contributed by atoms with E-state index in [0.29, 0.717) is 44.0 Å². The van der Waals surface area contributed by atoms with Gasteiger partial charge in [0.2, 0.25) is 12.7 Å². The van der Waals surface area contributed by atoms with Gasteiger partial charge in [-0.2, -0.15) is 0 Å². The van der Waals surface area contributed by atoms with Crippen molar-refractivity contribution in [1.82, 2.24) is 9.80 Å². The monoisotopic (exact) mass is 482 g/mol. The van der Waals surface area contributed by atoms with Crippen LogP contribution in [-0.4, -0.2) is 59.3 Å². The molecule has 0 aliphatic carbocycles. The topological polar surface area (TPSA) is 88.5 Å². The molecule has 2 aliphatic heterocycles. The Labute approximate surface area is 206 Å². The van der Waals surface area contributed by atoms with Gasteiger partial charge in [0.15, 0.2) is 11.5 Å². The molecule has 4 rings (SSSR count). The van der Waals surface area contributed by atoms with Crippen LogP contribution in [0.3, 0.4) is 0 Å². The summed E-state index contributed by atoms with van der Waals surface area (Å²) < 4.78 is 16.1. The van der Waals surface area contributed by atoms with Crippen molar-refractivity contribution in [1.29, 1.82) is 0 Å². The Balaban J connectivity index is 1.55. The fourth-order valence-electron chi connectivity index (χ4n) is 4.71. The Morgan fingerprint density at radius 3 is 2.43 bits per heavy atom. The largest absolute Gasteiger partial charge is 0.497 e. The maximum atomic E-state index is 13.4. The molecule has 0 saturated carbocycles. The van der Waals surface area contributed by atoms with Gasteiger partial charge in [-0.25, -0.2) is 0 Å². The van der Waals surface area contributed by atoms with Gasteiger partial charge in [0.05, 0.1) is 7.11 Å². The van der Waals surface area contributed by atoms with Crippen LogP contribution in [0.5, 0.6) is 17.2 Å². The Morgan fingerprint density at radius 2 is 1.77 bits per heavy atom. The van der Waals surface area contributed by atoms with E-state index in [2.05, 4.69) is 0 Å². The average molecular weight is 483 g/mol. The number of benzene rings is 2. The zero-order chi connectivity index (χ0) is 25.2. The van der Waals surface area contributed by atoms with Crippen molar-refractivity contribution in [2.45, 2.75) is 58.8 Å². The summed E-state index contributed by atoms with van der Waals surface area (Å²) in [6, 6.07) is 12.4. The van der Waals surface area contributed by atoms with Gasteiger partial charge >= 0.3 is 5.97 Å². The molecule has 1 N–H and O–H groups in total. The van der Waals surface area contributed by atoms with Crippen molar-refractivity contribution in [3.8, 4) is 17.2 Å². The molecular formula is C27H34N2O6. The van der Waals surface area contributed by atoms with Crippen LogP contribution in [0.25, 0.3) is 0 Å². The summed E-state index contributed by atoms with van der Waals surface area (Å²) in [5.74, 6) is 1.28. The molecule has 8 heteroatoms. The highest BCUT2D eigenvalue weighted by Crippen LogP contribution is 2.34. The first-order valence-electron chi connectivity index (χ1n) is 11.9. The first-order valence-corrected chi connectivity index (χ1v) is 11.9. The average Bonchev–Trinajstić information content (AvgIpc) is 3.43.